The molecule has 3 nitrogen and oxygen atoms in total. The molecule has 0 radical (unpaired) electrons. The van der Waals surface area contributed by atoms with E-state index in [9.17, 15) is 0 Å². The van der Waals surface area contributed by atoms with E-state index in [2.05, 4.69) is 20.9 Å². The summed E-state index contributed by atoms with van der Waals surface area (Å²) in [5.41, 5.74) is 2.06. The maximum atomic E-state index is 5.91. The number of ether oxygens (including phenoxy) is 1. The van der Waals surface area contributed by atoms with Crippen LogP contribution in [0.15, 0.2) is 53.3 Å². The smallest absolute Gasteiger partial charge is 0.205 e. The summed E-state index contributed by atoms with van der Waals surface area (Å²) in [6, 6.07) is 11.8. The van der Waals surface area contributed by atoms with Gasteiger partial charge in [-0.2, -0.15) is 0 Å². The summed E-state index contributed by atoms with van der Waals surface area (Å²) in [5, 5.41) is 0. The quantitative estimate of drug-likeness (QED) is 0.709. The number of imidazole rings is 1. The Bertz CT molecular complexity index is 706. The van der Waals surface area contributed by atoms with Crippen LogP contribution in [0.2, 0.25) is 0 Å². The second kappa shape index (κ2) is 4.46. The van der Waals surface area contributed by atoms with Crippen molar-refractivity contribution in [1.29, 1.82) is 0 Å². The minimum absolute atomic E-state index is 0.745. The fraction of sp³-hybridized carbons (Fsp3) is 0.0714. The summed E-state index contributed by atoms with van der Waals surface area (Å²) in [7, 11) is 0. The lowest BCUT2D eigenvalue weighted by molar-refractivity contribution is 0.453. The van der Waals surface area contributed by atoms with Gasteiger partial charge in [-0.15, -0.1) is 0 Å². The molecule has 0 saturated heterocycles. The van der Waals surface area contributed by atoms with Gasteiger partial charge in [-0.25, -0.2) is 4.98 Å². The highest BCUT2D eigenvalue weighted by Gasteiger charge is 2.06. The molecule has 0 bridgehead atoms. The zero-order chi connectivity index (χ0) is 12.5. The molecule has 0 N–H and O–H groups in total. The van der Waals surface area contributed by atoms with Crippen LogP contribution in [0.25, 0.3) is 5.65 Å². The standard InChI is InChI=1S/C14H11BrN2O/c1-10-5-6-12(11(15)9-10)18-14-4-2-3-13-16-7-8-17(13)14/h2-9H,1H3. The lowest BCUT2D eigenvalue weighted by atomic mass is 10.2. The third-order valence-electron chi connectivity index (χ3n) is 2.69. The highest BCUT2D eigenvalue weighted by Crippen LogP contribution is 2.30. The van der Waals surface area contributed by atoms with Crippen molar-refractivity contribution in [3.63, 3.8) is 0 Å². The number of fused-ring (bicyclic) bond motifs is 1. The van der Waals surface area contributed by atoms with Gasteiger partial charge in [0.1, 0.15) is 11.4 Å². The van der Waals surface area contributed by atoms with Gasteiger partial charge in [0.2, 0.25) is 5.88 Å². The number of aromatic nitrogens is 2. The van der Waals surface area contributed by atoms with E-state index >= 15 is 0 Å². The topological polar surface area (TPSA) is 26.5 Å². The van der Waals surface area contributed by atoms with Gasteiger partial charge < -0.3 is 4.74 Å². The number of aryl methyl sites for hydroxylation is 1. The normalized spacial score (nSPS) is 10.8. The van der Waals surface area contributed by atoms with E-state index < -0.39 is 0 Å². The maximum absolute atomic E-state index is 5.91. The van der Waals surface area contributed by atoms with Crippen molar-refractivity contribution in [3.8, 4) is 11.6 Å². The Hall–Kier alpha value is -1.81. The first kappa shape index (κ1) is 11.3. The fourth-order valence-electron chi connectivity index (χ4n) is 1.81. The fourth-order valence-corrected chi connectivity index (χ4v) is 2.38. The zero-order valence-electron chi connectivity index (χ0n) is 9.80. The highest BCUT2D eigenvalue weighted by molar-refractivity contribution is 9.10. The number of rotatable bonds is 2. The molecular weight excluding hydrogens is 292 g/mol. The predicted molar refractivity (Wildman–Crippen MR) is 74.1 cm³/mol. The van der Waals surface area contributed by atoms with Crippen LogP contribution in [0.3, 0.4) is 0 Å². The number of hydrogen-bond donors (Lipinski definition) is 0. The molecule has 0 aliphatic rings. The van der Waals surface area contributed by atoms with Crippen LogP contribution in [-0.4, -0.2) is 9.38 Å². The molecule has 90 valence electrons. The summed E-state index contributed by atoms with van der Waals surface area (Å²) in [6.07, 6.45) is 3.64. The van der Waals surface area contributed by atoms with Crippen molar-refractivity contribution < 1.29 is 4.74 Å². The molecule has 1 aromatic carbocycles. The van der Waals surface area contributed by atoms with Crippen molar-refractivity contribution in [2.75, 3.05) is 0 Å². The minimum atomic E-state index is 0.745. The number of hydrogen-bond acceptors (Lipinski definition) is 2. The Morgan fingerprint density at radius 2 is 2.11 bits per heavy atom. The van der Waals surface area contributed by atoms with E-state index in [4.69, 9.17) is 4.74 Å². The van der Waals surface area contributed by atoms with Gasteiger partial charge in [0.15, 0.2) is 0 Å². The maximum Gasteiger partial charge on any atom is 0.205 e. The minimum Gasteiger partial charge on any atom is -0.439 e. The van der Waals surface area contributed by atoms with Gasteiger partial charge in [-0.05, 0) is 52.7 Å². The summed E-state index contributed by atoms with van der Waals surface area (Å²) < 4.78 is 8.76. The second-order valence-corrected chi connectivity index (χ2v) is 4.91. The number of benzene rings is 1. The van der Waals surface area contributed by atoms with Crippen molar-refractivity contribution >= 4 is 21.6 Å². The molecule has 2 heterocycles. The molecule has 0 aliphatic heterocycles. The van der Waals surface area contributed by atoms with Crippen LogP contribution >= 0.6 is 15.9 Å². The van der Waals surface area contributed by atoms with Crippen LogP contribution < -0.4 is 4.74 Å². The molecule has 0 fully saturated rings. The van der Waals surface area contributed by atoms with E-state index in [-0.39, 0.29) is 0 Å². The Balaban J connectivity index is 2.03. The number of nitrogens with zero attached hydrogens (tertiary/aromatic N) is 2. The Labute approximate surface area is 113 Å². The van der Waals surface area contributed by atoms with Gasteiger partial charge in [-0.3, -0.25) is 4.40 Å². The first-order valence-corrected chi connectivity index (χ1v) is 6.39. The number of pyridine rings is 1. The van der Waals surface area contributed by atoms with E-state index in [1.54, 1.807) is 6.20 Å². The lowest BCUT2D eigenvalue weighted by Crippen LogP contribution is -1.93. The van der Waals surface area contributed by atoms with Gasteiger partial charge in [0, 0.05) is 12.4 Å². The van der Waals surface area contributed by atoms with E-state index in [0.29, 0.717) is 0 Å². The summed E-state index contributed by atoms with van der Waals surface area (Å²) in [4.78, 5) is 4.23. The van der Waals surface area contributed by atoms with Gasteiger partial charge >= 0.3 is 0 Å². The van der Waals surface area contributed by atoms with Gasteiger partial charge in [0.25, 0.3) is 0 Å². The van der Waals surface area contributed by atoms with Crippen LogP contribution in [0.1, 0.15) is 5.56 Å². The molecule has 3 rings (SSSR count). The summed E-state index contributed by atoms with van der Waals surface area (Å²) in [5.74, 6) is 1.54. The molecule has 18 heavy (non-hydrogen) atoms. The van der Waals surface area contributed by atoms with Crippen LogP contribution in [0.4, 0.5) is 0 Å². The Kier molecular flexibility index (Phi) is 2.80. The third-order valence-corrected chi connectivity index (χ3v) is 3.31. The van der Waals surface area contributed by atoms with Crippen LogP contribution in [0, 0.1) is 6.92 Å². The molecule has 0 unspecified atom stereocenters. The van der Waals surface area contributed by atoms with Crippen LogP contribution in [-0.2, 0) is 0 Å². The molecule has 0 aliphatic carbocycles. The average Bonchev–Trinajstić information content (AvgIpc) is 2.82. The largest absolute Gasteiger partial charge is 0.439 e. The molecule has 0 amide bonds. The first-order valence-electron chi connectivity index (χ1n) is 5.60. The molecular formula is C14H11BrN2O. The Morgan fingerprint density at radius 3 is 2.94 bits per heavy atom. The van der Waals surface area contributed by atoms with Crippen molar-refractivity contribution in [3.05, 3.63) is 58.8 Å². The van der Waals surface area contributed by atoms with Gasteiger partial charge in [-0.1, -0.05) is 12.1 Å². The third kappa shape index (κ3) is 1.99. The highest BCUT2D eigenvalue weighted by atomic mass is 79.9. The molecule has 0 spiro atoms. The second-order valence-electron chi connectivity index (χ2n) is 4.06. The summed E-state index contributed by atoms with van der Waals surface area (Å²) in [6.45, 7) is 2.05. The van der Waals surface area contributed by atoms with E-state index in [1.807, 2.05) is 53.9 Å². The SMILES string of the molecule is Cc1ccc(Oc2cccc3nccn23)c(Br)c1. The predicted octanol–water partition coefficient (Wildman–Crippen LogP) is 4.20. The average molecular weight is 303 g/mol. The first-order chi connectivity index (χ1) is 8.74. The van der Waals surface area contributed by atoms with Crippen molar-refractivity contribution in [2.24, 2.45) is 0 Å². The molecule has 4 heteroatoms. The number of halogens is 1. The molecule has 3 aromatic rings. The zero-order valence-corrected chi connectivity index (χ0v) is 11.4. The lowest BCUT2D eigenvalue weighted by Gasteiger charge is -2.09. The van der Waals surface area contributed by atoms with Crippen molar-refractivity contribution in [1.82, 2.24) is 9.38 Å². The van der Waals surface area contributed by atoms with Gasteiger partial charge in [0.05, 0.1) is 4.47 Å². The monoisotopic (exact) mass is 302 g/mol. The molecule has 0 saturated carbocycles. The molecule has 2 aromatic heterocycles. The Morgan fingerprint density at radius 1 is 1.22 bits per heavy atom. The van der Waals surface area contributed by atoms with E-state index in [0.717, 1.165) is 21.7 Å². The summed E-state index contributed by atoms with van der Waals surface area (Å²) >= 11 is 3.51. The van der Waals surface area contributed by atoms with Crippen LogP contribution in [0.5, 0.6) is 11.6 Å². The van der Waals surface area contributed by atoms with E-state index in [1.165, 1.54) is 5.56 Å². The van der Waals surface area contributed by atoms with Crippen molar-refractivity contribution in [2.45, 2.75) is 6.92 Å². The molecule has 0 atom stereocenters.